The molecule has 2 saturated heterocycles. The van der Waals surface area contributed by atoms with E-state index in [0.29, 0.717) is 30.5 Å². The fraction of sp³-hybridized carbons (Fsp3) is 0.400. The number of benzene rings is 1. The minimum Gasteiger partial charge on any atom is -0.490 e. The average molecular weight is 355 g/mol. The zero-order chi connectivity index (χ0) is 17.9. The van der Waals surface area contributed by atoms with Gasteiger partial charge in [-0.3, -0.25) is 4.79 Å². The van der Waals surface area contributed by atoms with Crippen LogP contribution in [0, 0.1) is 5.82 Å². The lowest BCUT2D eigenvalue weighted by atomic mass is 9.98. The Labute approximate surface area is 152 Å². The van der Waals surface area contributed by atoms with Crippen LogP contribution >= 0.6 is 0 Å². The first-order valence-corrected chi connectivity index (χ1v) is 9.08. The summed E-state index contributed by atoms with van der Waals surface area (Å²) >= 11 is 0. The maximum absolute atomic E-state index is 13.0. The number of piperidine rings is 1. The number of nitrogens with one attached hydrogen (secondary N) is 1. The van der Waals surface area contributed by atoms with Crippen molar-refractivity contribution in [3.8, 4) is 5.75 Å². The van der Waals surface area contributed by atoms with Gasteiger partial charge in [-0.2, -0.15) is 0 Å². The number of carbonyl (C=O) groups is 1. The summed E-state index contributed by atoms with van der Waals surface area (Å²) in [4.78, 5) is 19.2. The van der Waals surface area contributed by atoms with Gasteiger partial charge in [0.05, 0.1) is 0 Å². The quantitative estimate of drug-likeness (QED) is 0.916. The maximum Gasteiger partial charge on any atom is 0.272 e. The second-order valence-electron chi connectivity index (χ2n) is 6.87. The normalized spacial score (nSPS) is 18.4. The number of likely N-dealkylation sites (tertiary alicyclic amines) is 1. The van der Waals surface area contributed by atoms with Crippen molar-refractivity contribution in [1.82, 2.24) is 15.2 Å². The summed E-state index contributed by atoms with van der Waals surface area (Å²) in [6, 6.07) is 11.8. The van der Waals surface area contributed by atoms with Crippen molar-refractivity contribution in [2.45, 2.75) is 24.9 Å². The molecule has 136 valence electrons. The molecule has 0 saturated carbocycles. The van der Waals surface area contributed by atoms with Crippen molar-refractivity contribution < 1.29 is 13.9 Å². The first kappa shape index (κ1) is 17.0. The van der Waals surface area contributed by atoms with E-state index >= 15 is 0 Å². The van der Waals surface area contributed by atoms with Gasteiger partial charge in [-0.15, -0.1) is 0 Å². The first-order chi connectivity index (χ1) is 12.7. The average Bonchev–Trinajstić information content (AvgIpc) is 2.63. The Morgan fingerprint density at radius 1 is 1.12 bits per heavy atom. The van der Waals surface area contributed by atoms with Crippen molar-refractivity contribution in [2.75, 3.05) is 26.2 Å². The van der Waals surface area contributed by atoms with Gasteiger partial charge in [0.1, 0.15) is 23.4 Å². The minimum atomic E-state index is -0.273. The lowest BCUT2D eigenvalue weighted by Gasteiger charge is -2.32. The smallest absolute Gasteiger partial charge is 0.272 e. The molecule has 5 nitrogen and oxygen atoms in total. The van der Waals surface area contributed by atoms with Crippen LogP contribution in [-0.2, 0) is 0 Å². The van der Waals surface area contributed by atoms with Crippen LogP contribution in [0.2, 0.25) is 0 Å². The third-order valence-electron chi connectivity index (χ3n) is 5.04. The number of rotatable bonds is 4. The highest BCUT2D eigenvalue weighted by Gasteiger charge is 2.27. The van der Waals surface area contributed by atoms with Crippen LogP contribution in [0.15, 0.2) is 42.5 Å². The molecular formula is C20H22FN3O2. The fourth-order valence-electron chi connectivity index (χ4n) is 3.34. The van der Waals surface area contributed by atoms with Crippen molar-refractivity contribution in [3.05, 3.63) is 59.7 Å². The zero-order valence-corrected chi connectivity index (χ0v) is 14.5. The standard InChI is InChI=1S/C20H22FN3O2/c21-15-4-6-16(7-5-15)26-17-8-10-24(11-9-17)20(25)19-3-1-2-18(23-19)14-12-22-13-14/h1-7,14,17,22H,8-13H2. The molecule has 2 aromatic rings. The third kappa shape index (κ3) is 3.70. The van der Waals surface area contributed by atoms with Gasteiger partial charge < -0.3 is 15.0 Å². The predicted molar refractivity (Wildman–Crippen MR) is 95.8 cm³/mol. The van der Waals surface area contributed by atoms with Gasteiger partial charge in [-0.1, -0.05) is 6.07 Å². The Morgan fingerprint density at radius 3 is 2.50 bits per heavy atom. The summed E-state index contributed by atoms with van der Waals surface area (Å²) in [5.41, 5.74) is 1.51. The largest absolute Gasteiger partial charge is 0.490 e. The Morgan fingerprint density at radius 2 is 1.85 bits per heavy atom. The Balaban J connectivity index is 1.34. The Bertz CT molecular complexity index is 769. The van der Waals surface area contributed by atoms with Gasteiger partial charge in [0.15, 0.2) is 0 Å². The highest BCUT2D eigenvalue weighted by atomic mass is 19.1. The Hall–Kier alpha value is -2.47. The number of ether oxygens (including phenoxy) is 1. The summed E-state index contributed by atoms with van der Waals surface area (Å²) in [5, 5.41) is 3.23. The van der Waals surface area contributed by atoms with Gasteiger partial charge in [0.25, 0.3) is 5.91 Å². The molecule has 0 spiro atoms. The predicted octanol–water partition coefficient (Wildman–Crippen LogP) is 2.59. The molecule has 0 atom stereocenters. The van der Waals surface area contributed by atoms with Gasteiger partial charge in [-0.05, 0) is 36.4 Å². The molecule has 1 aromatic heterocycles. The second kappa shape index (κ2) is 7.41. The van der Waals surface area contributed by atoms with Crippen LogP contribution < -0.4 is 10.1 Å². The molecule has 0 bridgehead atoms. The van der Waals surface area contributed by atoms with E-state index in [1.807, 2.05) is 17.0 Å². The first-order valence-electron chi connectivity index (χ1n) is 9.08. The van der Waals surface area contributed by atoms with E-state index in [4.69, 9.17) is 4.74 Å². The fourth-order valence-corrected chi connectivity index (χ4v) is 3.34. The van der Waals surface area contributed by atoms with Crippen molar-refractivity contribution in [1.29, 1.82) is 0 Å². The number of pyridine rings is 1. The summed E-state index contributed by atoms with van der Waals surface area (Å²) in [7, 11) is 0. The third-order valence-corrected chi connectivity index (χ3v) is 5.04. The molecule has 26 heavy (non-hydrogen) atoms. The van der Waals surface area contributed by atoms with E-state index in [9.17, 15) is 9.18 Å². The zero-order valence-electron chi connectivity index (χ0n) is 14.5. The molecule has 1 amide bonds. The second-order valence-corrected chi connectivity index (χ2v) is 6.87. The van der Waals surface area contributed by atoms with Crippen molar-refractivity contribution >= 4 is 5.91 Å². The monoisotopic (exact) mass is 355 g/mol. The SMILES string of the molecule is O=C(c1cccc(C2CNC2)n1)N1CCC(Oc2ccc(F)cc2)CC1. The molecule has 2 fully saturated rings. The van der Waals surface area contributed by atoms with Crippen LogP contribution in [-0.4, -0.2) is 48.1 Å². The molecule has 0 radical (unpaired) electrons. The summed E-state index contributed by atoms with van der Waals surface area (Å²) in [6.07, 6.45) is 1.56. The highest BCUT2D eigenvalue weighted by Crippen LogP contribution is 2.21. The molecule has 4 rings (SSSR count). The lowest BCUT2D eigenvalue weighted by Crippen LogP contribution is -2.43. The lowest BCUT2D eigenvalue weighted by molar-refractivity contribution is 0.0589. The molecule has 0 unspecified atom stereocenters. The summed E-state index contributed by atoms with van der Waals surface area (Å²) < 4.78 is 18.9. The molecule has 0 aliphatic carbocycles. The van der Waals surface area contributed by atoms with Gasteiger partial charge in [-0.25, -0.2) is 9.37 Å². The van der Waals surface area contributed by atoms with E-state index in [1.165, 1.54) is 12.1 Å². The van der Waals surface area contributed by atoms with E-state index in [2.05, 4.69) is 10.3 Å². The van der Waals surface area contributed by atoms with Crippen LogP contribution in [0.3, 0.4) is 0 Å². The number of carbonyl (C=O) groups excluding carboxylic acids is 1. The molecule has 3 heterocycles. The van der Waals surface area contributed by atoms with Crippen LogP contribution in [0.1, 0.15) is 34.9 Å². The minimum absolute atomic E-state index is 0.0145. The van der Waals surface area contributed by atoms with Crippen LogP contribution in [0.25, 0.3) is 0 Å². The number of hydrogen-bond donors (Lipinski definition) is 1. The maximum atomic E-state index is 13.0. The van der Waals surface area contributed by atoms with E-state index < -0.39 is 0 Å². The van der Waals surface area contributed by atoms with Gasteiger partial charge in [0, 0.05) is 50.6 Å². The van der Waals surface area contributed by atoms with Crippen molar-refractivity contribution in [2.24, 2.45) is 0 Å². The number of nitrogens with zero attached hydrogens (tertiary/aromatic N) is 2. The van der Waals surface area contributed by atoms with Gasteiger partial charge >= 0.3 is 0 Å². The summed E-state index contributed by atoms with van der Waals surface area (Å²) in [5.74, 6) is 0.793. The molecule has 6 heteroatoms. The van der Waals surface area contributed by atoms with Gasteiger partial charge in [0.2, 0.25) is 0 Å². The molecule has 1 aromatic carbocycles. The molecule has 2 aliphatic heterocycles. The number of halogens is 1. The summed E-state index contributed by atoms with van der Waals surface area (Å²) in [6.45, 7) is 3.14. The van der Waals surface area contributed by atoms with Crippen molar-refractivity contribution in [3.63, 3.8) is 0 Å². The number of aromatic nitrogens is 1. The van der Waals surface area contributed by atoms with Crippen LogP contribution in [0.5, 0.6) is 5.75 Å². The number of amides is 1. The van der Waals surface area contributed by atoms with E-state index in [1.54, 1.807) is 18.2 Å². The molecule has 1 N–H and O–H groups in total. The molecule has 2 aliphatic rings. The molecular weight excluding hydrogens is 333 g/mol. The number of hydrogen-bond acceptors (Lipinski definition) is 4. The topological polar surface area (TPSA) is 54.5 Å². The van der Waals surface area contributed by atoms with Crippen LogP contribution in [0.4, 0.5) is 4.39 Å². The van der Waals surface area contributed by atoms with E-state index in [-0.39, 0.29) is 17.8 Å². The van der Waals surface area contributed by atoms with E-state index in [0.717, 1.165) is 31.6 Å². The highest BCUT2D eigenvalue weighted by molar-refractivity contribution is 5.92. The Kier molecular flexibility index (Phi) is 4.84.